The molecule has 0 amide bonds. The Balaban J connectivity index is 1.90. The van der Waals surface area contributed by atoms with Crippen LogP contribution in [0.15, 0.2) is 12.1 Å². The van der Waals surface area contributed by atoms with Crippen molar-refractivity contribution in [2.24, 2.45) is 0 Å². The average molecular weight is 245 g/mol. The normalized spacial score (nSPS) is 19.8. The molecule has 2 aliphatic rings. The molecule has 1 aromatic rings. The summed E-state index contributed by atoms with van der Waals surface area (Å²) in [4.78, 5) is 4.97. The Bertz CT molecular complexity index is 434. The molecule has 3 heteroatoms. The first-order valence-electron chi connectivity index (χ1n) is 7.11. The summed E-state index contributed by atoms with van der Waals surface area (Å²) in [6.07, 6.45) is 2.32. The van der Waals surface area contributed by atoms with E-state index in [9.17, 15) is 0 Å². The minimum absolute atomic E-state index is 1.10. The van der Waals surface area contributed by atoms with E-state index in [4.69, 9.17) is 0 Å². The van der Waals surface area contributed by atoms with Gasteiger partial charge in [-0.1, -0.05) is 13.0 Å². The van der Waals surface area contributed by atoms with Crippen LogP contribution in [0.5, 0.6) is 0 Å². The SMILES string of the molecule is CCc1cc2c(cc1N1CCN(C)CC1)NCC2. The number of nitrogens with zero attached hydrogens (tertiary/aromatic N) is 2. The summed E-state index contributed by atoms with van der Waals surface area (Å²) in [7, 11) is 2.21. The van der Waals surface area contributed by atoms with Crippen LogP contribution in [0.25, 0.3) is 0 Å². The van der Waals surface area contributed by atoms with Gasteiger partial charge in [0.2, 0.25) is 0 Å². The van der Waals surface area contributed by atoms with Gasteiger partial charge in [0, 0.05) is 44.1 Å². The smallest absolute Gasteiger partial charge is 0.0420 e. The monoisotopic (exact) mass is 245 g/mol. The maximum Gasteiger partial charge on any atom is 0.0420 e. The Labute approximate surface area is 110 Å². The van der Waals surface area contributed by atoms with Crippen LogP contribution in [0, 0.1) is 0 Å². The second-order valence-corrected chi connectivity index (χ2v) is 5.46. The molecule has 1 aromatic carbocycles. The van der Waals surface area contributed by atoms with Crippen LogP contribution >= 0.6 is 0 Å². The minimum Gasteiger partial charge on any atom is -0.384 e. The molecule has 0 bridgehead atoms. The molecule has 0 aliphatic carbocycles. The van der Waals surface area contributed by atoms with Gasteiger partial charge >= 0.3 is 0 Å². The predicted molar refractivity (Wildman–Crippen MR) is 77.7 cm³/mol. The van der Waals surface area contributed by atoms with Gasteiger partial charge in [0.15, 0.2) is 0 Å². The van der Waals surface area contributed by atoms with Crippen LogP contribution < -0.4 is 10.2 Å². The van der Waals surface area contributed by atoms with Gasteiger partial charge < -0.3 is 15.1 Å². The lowest BCUT2D eigenvalue weighted by Crippen LogP contribution is -2.44. The van der Waals surface area contributed by atoms with E-state index in [2.05, 4.69) is 41.2 Å². The third kappa shape index (κ3) is 2.07. The molecule has 3 nitrogen and oxygen atoms in total. The molecule has 98 valence electrons. The van der Waals surface area contributed by atoms with Crippen LogP contribution in [-0.2, 0) is 12.8 Å². The van der Waals surface area contributed by atoms with Crippen LogP contribution in [0.4, 0.5) is 11.4 Å². The number of nitrogens with one attached hydrogen (secondary N) is 1. The largest absolute Gasteiger partial charge is 0.384 e. The third-order valence-electron chi connectivity index (χ3n) is 4.24. The van der Waals surface area contributed by atoms with E-state index >= 15 is 0 Å². The fourth-order valence-electron chi connectivity index (χ4n) is 3.01. The number of piperazine rings is 1. The van der Waals surface area contributed by atoms with Gasteiger partial charge in [-0.05, 0) is 37.1 Å². The molecule has 0 spiro atoms. The number of hydrogen-bond donors (Lipinski definition) is 1. The molecule has 0 saturated carbocycles. The highest BCUT2D eigenvalue weighted by Crippen LogP contribution is 2.32. The number of aryl methyl sites for hydroxylation is 1. The fraction of sp³-hybridized carbons (Fsp3) is 0.600. The molecule has 1 N–H and O–H groups in total. The first-order chi connectivity index (χ1) is 8.78. The Morgan fingerprint density at radius 3 is 2.67 bits per heavy atom. The molecule has 1 saturated heterocycles. The minimum atomic E-state index is 1.10. The summed E-state index contributed by atoms with van der Waals surface area (Å²) in [6, 6.07) is 4.80. The number of rotatable bonds is 2. The topological polar surface area (TPSA) is 18.5 Å². The van der Waals surface area contributed by atoms with Crippen LogP contribution in [0.1, 0.15) is 18.1 Å². The highest BCUT2D eigenvalue weighted by molar-refractivity contribution is 5.68. The fourth-order valence-corrected chi connectivity index (χ4v) is 3.01. The molecule has 3 rings (SSSR count). The maximum absolute atomic E-state index is 3.50. The number of fused-ring (bicyclic) bond motifs is 1. The standard InChI is InChI=1S/C15H23N3/c1-3-12-10-13-4-5-16-14(13)11-15(12)18-8-6-17(2)7-9-18/h10-11,16H,3-9H2,1-2H3. The Hall–Kier alpha value is -1.22. The van der Waals surface area contributed by atoms with Crippen LogP contribution in [0.3, 0.4) is 0 Å². The first kappa shape index (κ1) is 11.8. The van der Waals surface area contributed by atoms with Gasteiger partial charge in [0.05, 0.1) is 0 Å². The van der Waals surface area contributed by atoms with Gasteiger partial charge in [-0.2, -0.15) is 0 Å². The van der Waals surface area contributed by atoms with Crippen molar-refractivity contribution in [2.45, 2.75) is 19.8 Å². The van der Waals surface area contributed by atoms with Crippen molar-refractivity contribution in [1.82, 2.24) is 4.90 Å². The molecular formula is C15H23N3. The lowest BCUT2D eigenvalue weighted by molar-refractivity contribution is 0.312. The molecule has 2 aliphatic heterocycles. The van der Waals surface area contributed by atoms with E-state index in [0.717, 1.165) is 26.1 Å². The van der Waals surface area contributed by atoms with Crippen molar-refractivity contribution in [3.8, 4) is 0 Å². The highest BCUT2D eigenvalue weighted by atomic mass is 15.2. The van der Waals surface area contributed by atoms with Crippen molar-refractivity contribution in [3.05, 3.63) is 23.3 Å². The van der Waals surface area contributed by atoms with Crippen LogP contribution in [-0.4, -0.2) is 44.7 Å². The molecule has 0 aromatic heterocycles. The van der Waals surface area contributed by atoms with E-state index < -0.39 is 0 Å². The number of anilines is 2. The van der Waals surface area contributed by atoms with E-state index in [0.29, 0.717) is 0 Å². The van der Waals surface area contributed by atoms with Gasteiger partial charge in [-0.15, -0.1) is 0 Å². The lowest BCUT2D eigenvalue weighted by atomic mass is 10.0. The third-order valence-corrected chi connectivity index (χ3v) is 4.24. The number of hydrogen-bond acceptors (Lipinski definition) is 3. The summed E-state index contributed by atoms with van der Waals surface area (Å²) in [6.45, 7) is 8.03. The second-order valence-electron chi connectivity index (χ2n) is 5.46. The second kappa shape index (κ2) is 4.81. The summed E-state index contributed by atoms with van der Waals surface area (Å²) < 4.78 is 0. The van der Waals surface area contributed by atoms with Crippen LogP contribution in [0.2, 0.25) is 0 Å². The van der Waals surface area contributed by atoms with Gasteiger partial charge in [-0.25, -0.2) is 0 Å². The van der Waals surface area contributed by atoms with Crippen molar-refractivity contribution in [2.75, 3.05) is 50.0 Å². The lowest BCUT2D eigenvalue weighted by Gasteiger charge is -2.35. The molecule has 0 atom stereocenters. The average Bonchev–Trinajstić information content (AvgIpc) is 2.85. The van der Waals surface area contributed by atoms with E-state index in [1.807, 2.05) is 0 Å². The van der Waals surface area contributed by atoms with Gasteiger partial charge in [-0.3, -0.25) is 0 Å². The Morgan fingerprint density at radius 1 is 1.17 bits per heavy atom. The summed E-state index contributed by atoms with van der Waals surface area (Å²) in [5.74, 6) is 0. The Kier molecular flexibility index (Phi) is 3.16. The van der Waals surface area contributed by atoms with E-state index in [-0.39, 0.29) is 0 Å². The van der Waals surface area contributed by atoms with E-state index in [1.165, 1.54) is 42.0 Å². The van der Waals surface area contributed by atoms with Crippen molar-refractivity contribution < 1.29 is 0 Å². The van der Waals surface area contributed by atoms with Gasteiger partial charge in [0.1, 0.15) is 0 Å². The first-order valence-corrected chi connectivity index (χ1v) is 7.11. The highest BCUT2D eigenvalue weighted by Gasteiger charge is 2.20. The zero-order chi connectivity index (χ0) is 12.5. The number of benzene rings is 1. The van der Waals surface area contributed by atoms with Crippen molar-refractivity contribution >= 4 is 11.4 Å². The quantitative estimate of drug-likeness (QED) is 0.859. The zero-order valence-corrected chi connectivity index (χ0v) is 11.5. The molecule has 0 unspecified atom stereocenters. The molecule has 0 radical (unpaired) electrons. The van der Waals surface area contributed by atoms with Crippen molar-refractivity contribution in [3.63, 3.8) is 0 Å². The zero-order valence-electron chi connectivity index (χ0n) is 11.5. The van der Waals surface area contributed by atoms with Gasteiger partial charge in [0.25, 0.3) is 0 Å². The molecule has 2 heterocycles. The van der Waals surface area contributed by atoms with E-state index in [1.54, 1.807) is 0 Å². The Morgan fingerprint density at radius 2 is 1.94 bits per heavy atom. The van der Waals surface area contributed by atoms with Crippen molar-refractivity contribution in [1.29, 1.82) is 0 Å². The predicted octanol–water partition coefficient (Wildman–Crippen LogP) is 1.97. The molecule has 1 fully saturated rings. The summed E-state index contributed by atoms with van der Waals surface area (Å²) in [5, 5.41) is 3.50. The summed E-state index contributed by atoms with van der Waals surface area (Å²) in [5.41, 5.74) is 5.84. The molecule has 18 heavy (non-hydrogen) atoms. The summed E-state index contributed by atoms with van der Waals surface area (Å²) >= 11 is 0. The number of likely N-dealkylation sites (N-methyl/N-ethyl adjacent to an activating group) is 1. The molecular weight excluding hydrogens is 222 g/mol. The maximum atomic E-state index is 3.50.